The highest BCUT2D eigenvalue weighted by Crippen LogP contribution is 2.36. The number of nitrogens with zero attached hydrogens (tertiary/aromatic N) is 6. The Morgan fingerprint density at radius 1 is 1.32 bits per heavy atom. The van der Waals surface area contributed by atoms with Gasteiger partial charge >= 0.3 is 6.18 Å². The summed E-state index contributed by atoms with van der Waals surface area (Å²) in [5.74, 6) is 0.214. The van der Waals surface area contributed by atoms with Crippen LogP contribution in [0.4, 0.5) is 13.2 Å². The van der Waals surface area contributed by atoms with Crippen molar-refractivity contribution in [3.63, 3.8) is 0 Å². The van der Waals surface area contributed by atoms with Crippen molar-refractivity contribution in [3.8, 4) is 17.3 Å². The first-order chi connectivity index (χ1) is 16.0. The van der Waals surface area contributed by atoms with Crippen LogP contribution in [0.5, 0.6) is 0 Å². The Hall–Kier alpha value is -3.55. The van der Waals surface area contributed by atoms with Crippen molar-refractivity contribution in [2.24, 2.45) is 18.0 Å². The van der Waals surface area contributed by atoms with E-state index in [9.17, 15) is 23.2 Å². The fourth-order valence-electron chi connectivity index (χ4n) is 3.84. The second-order valence-electron chi connectivity index (χ2n) is 8.17. The lowest BCUT2D eigenvalue weighted by Crippen LogP contribution is -2.20. The van der Waals surface area contributed by atoms with Crippen molar-refractivity contribution in [3.05, 3.63) is 40.7 Å². The maximum Gasteiger partial charge on any atom is 0.435 e. The summed E-state index contributed by atoms with van der Waals surface area (Å²) in [7, 11) is 1.41. The monoisotopic (exact) mass is 474 g/mol. The van der Waals surface area contributed by atoms with Gasteiger partial charge in [0, 0.05) is 32.5 Å². The number of carbonyl (C=O) groups is 1. The van der Waals surface area contributed by atoms with Crippen LogP contribution in [0.3, 0.4) is 0 Å². The first-order valence-corrected chi connectivity index (χ1v) is 10.8. The van der Waals surface area contributed by atoms with Gasteiger partial charge in [0.25, 0.3) is 0 Å². The average molecular weight is 474 g/mol. The minimum absolute atomic E-state index is 0.0189. The molecule has 0 spiro atoms. The molecule has 3 rings (SSSR count). The Morgan fingerprint density at radius 3 is 2.68 bits per heavy atom. The summed E-state index contributed by atoms with van der Waals surface area (Å²) < 4.78 is 46.5. The van der Waals surface area contributed by atoms with Gasteiger partial charge in [-0.05, 0) is 50.3 Å². The summed E-state index contributed by atoms with van der Waals surface area (Å²) >= 11 is 0. The molecule has 8 nitrogen and oxygen atoms in total. The number of hydrogen-bond acceptors (Lipinski definition) is 7. The van der Waals surface area contributed by atoms with Crippen molar-refractivity contribution in [2.75, 3.05) is 6.61 Å². The van der Waals surface area contributed by atoms with Gasteiger partial charge in [-0.2, -0.15) is 28.6 Å². The zero-order valence-electron chi connectivity index (χ0n) is 19.4. The summed E-state index contributed by atoms with van der Waals surface area (Å²) in [6.07, 6.45) is -2.23. The number of halogens is 3. The van der Waals surface area contributed by atoms with E-state index in [1.807, 2.05) is 19.9 Å². The Morgan fingerprint density at radius 2 is 2.06 bits per heavy atom. The molecule has 1 aliphatic rings. The number of hydrogen-bond donors (Lipinski definition) is 0. The van der Waals surface area contributed by atoms with Crippen LogP contribution >= 0.6 is 0 Å². The van der Waals surface area contributed by atoms with E-state index in [1.165, 1.54) is 13.2 Å². The number of aromatic nitrogens is 4. The summed E-state index contributed by atoms with van der Waals surface area (Å²) in [6.45, 7) is 5.73. The van der Waals surface area contributed by atoms with Crippen LogP contribution in [-0.2, 0) is 29.2 Å². The van der Waals surface area contributed by atoms with Gasteiger partial charge in [0.15, 0.2) is 5.69 Å². The molecule has 0 aromatic carbocycles. The molecule has 0 bridgehead atoms. The summed E-state index contributed by atoms with van der Waals surface area (Å²) in [5, 5.41) is 20.8. The number of Topliss-reactive ketones (excluding diaryl/α,β-unsaturated/α-hetero) is 1. The number of allylic oxidation sites excluding steroid dienone is 1. The molecule has 1 atom stereocenters. The van der Waals surface area contributed by atoms with Gasteiger partial charge in [-0.1, -0.05) is 0 Å². The number of ketones is 1. The third-order valence-corrected chi connectivity index (χ3v) is 5.56. The lowest BCUT2D eigenvalue weighted by Gasteiger charge is -2.22. The van der Waals surface area contributed by atoms with Gasteiger partial charge in [0.05, 0.1) is 23.6 Å². The molecular formula is C23H25F3N6O2. The highest BCUT2D eigenvalue weighted by atomic mass is 19.4. The molecule has 0 saturated heterocycles. The summed E-state index contributed by atoms with van der Waals surface area (Å²) in [6, 6.07) is 3.68. The van der Waals surface area contributed by atoms with Gasteiger partial charge in [-0.15, -0.1) is 5.10 Å². The zero-order chi connectivity index (χ0) is 25.0. The minimum atomic E-state index is -4.61. The van der Waals surface area contributed by atoms with Crippen LogP contribution < -0.4 is 0 Å². The van der Waals surface area contributed by atoms with Crippen molar-refractivity contribution in [1.29, 1.82) is 5.26 Å². The largest absolute Gasteiger partial charge is 0.478 e. The van der Waals surface area contributed by atoms with Gasteiger partial charge in [-0.25, -0.2) is 4.99 Å². The molecule has 3 heterocycles. The number of rotatable bonds is 8. The van der Waals surface area contributed by atoms with Crippen molar-refractivity contribution in [2.45, 2.75) is 52.6 Å². The second kappa shape index (κ2) is 10.2. The molecule has 0 radical (unpaired) electrons. The first-order valence-electron chi connectivity index (χ1n) is 10.8. The molecular weight excluding hydrogens is 449 g/mol. The quantitative estimate of drug-likeness (QED) is 0.563. The Balaban J connectivity index is 1.68. The van der Waals surface area contributed by atoms with E-state index in [1.54, 1.807) is 13.0 Å². The summed E-state index contributed by atoms with van der Waals surface area (Å²) in [4.78, 5) is 16.8. The number of aliphatic imine (C=N–C) groups is 1. The van der Waals surface area contributed by atoms with E-state index >= 15 is 0 Å². The number of ether oxygens (including phenoxy) is 1. The van der Waals surface area contributed by atoms with E-state index in [0.717, 1.165) is 10.3 Å². The molecule has 2 aromatic heterocycles. The normalized spacial score (nSPS) is 16.3. The maximum absolute atomic E-state index is 13.3. The minimum Gasteiger partial charge on any atom is -0.478 e. The van der Waals surface area contributed by atoms with Crippen LogP contribution in [0.2, 0.25) is 0 Å². The SMILES string of the molecule is CCOC1=C(C)C(CC(=O)CCc2cc(C)c(-c3cn(C)nc3C(F)(F)F)nn2)CC(C#N)=N1. The fraction of sp³-hybridized carbons (Fsp3) is 0.478. The molecule has 0 amide bonds. The number of carbonyl (C=O) groups excluding carboxylic acids is 1. The van der Waals surface area contributed by atoms with E-state index in [0.29, 0.717) is 42.3 Å². The van der Waals surface area contributed by atoms with Crippen molar-refractivity contribution < 1.29 is 22.7 Å². The number of aryl methyl sites for hydroxylation is 3. The molecule has 0 fully saturated rings. The van der Waals surface area contributed by atoms with Gasteiger partial charge in [-0.3, -0.25) is 9.48 Å². The van der Waals surface area contributed by atoms with Crippen LogP contribution in [0.25, 0.3) is 11.3 Å². The molecule has 0 N–H and O–H groups in total. The molecule has 1 aliphatic heterocycles. The Kier molecular flexibility index (Phi) is 7.49. The molecule has 11 heteroatoms. The Bertz CT molecular complexity index is 1190. The molecule has 1 unspecified atom stereocenters. The Labute approximate surface area is 195 Å². The van der Waals surface area contributed by atoms with E-state index in [2.05, 4.69) is 20.3 Å². The highest BCUT2D eigenvalue weighted by molar-refractivity contribution is 6.00. The van der Waals surface area contributed by atoms with Crippen LogP contribution in [0.1, 0.15) is 50.1 Å². The second-order valence-corrected chi connectivity index (χ2v) is 8.17. The predicted molar refractivity (Wildman–Crippen MR) is 117 cm³/mol. The topological polar surface area (TPSA) is 106 Å². The average Bonchev–Trinajstić information content (AvgIpc) is 3.17. The van der Waals surface area contributed by atoms with Crippen molar-refractivity contribution >= 4 is 11.5 Å². The van der Waals surface area contributed by atoms with Gasteiger partial charge in [0.2, 0.25) is 5.88 Å². The fourth-order valence-corrected chi connectivity index (χ4v) is 3.84. The smallest absolute Gasteiger partial charge is 0.435 e. The van der Waals surface area contributed by atoms with Crippen LogP contribution in [-0.4, -0.2) is 38.1 Å². The zero-order valence-corrected chi connectivity index (χ0v) is 19.4. The number of alkyl halides is 3. The molecule has 0 aliphatic carbocycles. The van der Waals surface area contributed by atoms with E-state index < -0.39 is 11.9 Å². The molecule has 180 valence electrons. The molecule has 2 aromatic rings. The van der Waals surface area contributed by atoms with E-state index in [4.69, 9.17) is 4.74 Å². The lowest BCUT2D eigenvalue weighted by atomic mass is 9.87. The third kappa shape index (κ3) is 5.68. The van der Waals surface area contributed by atoms with Gasteiger partial charge in [0.1, 0.15) is 17.6 Å². The van der Waals surface area contributed by atoms with Crippen LogP contribution in [0.15, 0.2) is 28.7 Å². The van der Waals surface area contributed by atoms with Crippen molar-refractivity contribution in [1.82, 2.24) is 20.0 Å². The summed E-state index contributed by atoms with van der Waals surface area (Å²) in [5.41, 5.74) is 1.14. The highest BCUT2D eigenvalue weighted by Gasteiger charge is 2.38. The third-order valence-electron chi connectivity index (χ3n) is 5.56. The van der Waals surface area contributed by atoms with Gasteiger partial charge < -0.3 is 4.74 Å². The number of nitriles is 1. The van der Waals surface area contributed by atoms with Crippen LogP contribution in [0, 0.1) is 24.2 Å². The lowest BCUT2D eigenvalue weighted by molar-refractivity contribution is -0.141. The first kappa shape index (κ1) is 25.1. The standard InChI is InChI=1S/C23H25F3N6O2/c1-5-34-22-14(3)15(9-17(11-27)28-22)10-18(33)7-6-16-8-13(2)20(30-29-16)19-12-32(4)31-21(19)23(24,25)26/h8,12,15H,5-7,9-10H2,1-4H3. The molecule has 0 saturated carbocycles. The molecule has 34 heavy (non-hydrogen) atoms. The predicted octanol–water partition coefficient (Wildman–Crippen LogP) is 4.35. The maximum atomic E-state index is 13.3. The van der Waals surface area contributed by atoms with E-state index in [-0.39, 0.29) is 35.8 Å².